The highest BCUT2D eigenvalue weighted by atomic mass is 16.6. The molecular weight excluding hydrogens is 242 g/mol. The van der Waals surface area contributed by atoms with Crippen molar-refractivity contribution < 1.29 is 14.3 Å². The van der Waals surface area contributed by atoms with E-state index in [1.807, 2.05) is 18.2 Å². The molecule has 0 radical (unpaired) electrons. The Kier molecular flexibility index (Phi) is 4.13. The molecule has 1 aromatic rings. The van der Waals surface area contributed by atoms with Gasteiger partial charge in [0.05, 0.1) is 18.8 Å². The van der Waals surface area contributed by atoms with Gasteiger partial charge in [-0.15, -0.1) is 0 Å². The molecule has 2 aliphatic heterocycles. The van der Waals surface area contributed by atoms with Crippen LogP contribution in [0.25, 0.3) is 0 Å². The second-order valence-electron chi connectivity index (χ2n) is 5.42. The highest BCUT2D eigenvalue weighted by molar-refractivity contribution is 5.13. The minimum atomic E-state index is -0.0635. The van der Waals surface area contributed by atoms with E-state index < -0.39 is 0 Å². The Morgan fingerprint density at radius 2 is 2.16 bits per heavy atom. The zero-order valence-electron chi connectivity index (χ0n) is 11.1. The number of benzene rings is 1. The van der Waals surface area contributed by atoms with Gasteiger partial charge in [-0.25, -0.2) is 0 Å². The van der Waals surface area contributed by atoms with Gasteiger partial charge in [-0.2, -0.15) is 5.48 Å². The fourth-order valence-corrected chi connectivity index (χ4v) is 2.81. The fourth-order valence-electron chi connectivity index (χ4n) is 2.81. The summed E-state index contributed by atoms with van der Waals surface area (Å²) in [4.78, 5) is 5.62. The van der Waals surface area contributed by atoms with Gasteiger partial charge in [0.25, 0.3) is 0 Å². The van der Waals surface area contributed by atoms with Gasteiger partial charge in [0, 0.05) is 25.7 Å². The average molecular weight is 263 g/mol. The Hall–Kier alpha value is -0.940. The van der Waals surface area contributed by atoms with Gasteiger partial charge >= 0.3 is 0 Å². The van der Waals surface area contributed by atoms with Gasteiger partial charge in [-0.05, 0) is 18.4 Å². The van der Waals surface area contributed by atoms with Crippen LogP contribution in [-0.2, 0) is 20.9 Å². The first kappa shape index (κ1) is 13.1. The van der Waals surface area contributed by atoms with Crippen LogP contribution >= 0.6 is 0 Å². The molecule has 0 bridgehead atoms. The van der Waals surface area contributed by atoms with Crippen molar-refractivity contribution in [1.82, 2.24) is 5.48 Å². The first-order valence-corrected chi connectivity index (χ1v) is 6.99. The van der Waals surface area contributed by atoms with E-state index in [0.717, 1.165) is 39.1 Å². The van der Waals surface area contributed by atoms with E-state index >= 15 is 0 Å². The monoisotopic (exact) mass is 263 g/mol. The molecule has 0 aromatic heterocycles. The van der Waals surface area contributed by atoms with Crippen molar-refractivity contribution in [1.29, 1.82) is 0 Å². The van der Waals surface area contributed by atoms with Crippen LogP contribution in [0, 0.1) is 0 Å². The summed E-state index contributed by atoms with van der Waals surface area (Å²) in [5.41, 5.74) is 4.30. The lowest BCUT2D eigenvalue weighted by atomic mass is 9.90. The van der Waals surface area contributed by atoms with Crippen LogP contribution in [0.5, 0.6) is 0 Å². The number of hydrogen-bond donors (Lipinski definition) is 1. The molecular formula is C15H21NO3. The van der Waals surface area contributed by atoms with E-state index in [9.17, 15) is 0 Å². The van der Waals surface area contributed by atoms with Crippen molar-refractivity contribution in [3.63, 3.8) is 0 Å². The second-order valence-corrected chi connectivity index (χ2v) is 5.42. The van der Waals surface area contributed by atoms with E-state index in [4.69, 9.17) is 14.3 Å². The number of rotatable bonds is 4. The summed E-state index contributed by atoms with van der Waals surface area (Å²) < 4.78 is 11.4. The van der Waals surface area contributed by atoms with Gasteiger partial charge < -0.3 is 9.47 Å². The third-order valence-corrected chi connectivity index (χ3v) is 3.89. The van der Waals surface area contributed by atoms with Crippen molar-refractivity contribution in [2.24, 2.45) is 0 Å². The molecule has 1 aromatic carbocycles. The maximum Gasteiger partial charge on any atom is 0.0952 e. The van der Waals surface area contributed by atoms with Crippen molar-refractivity contribution >= 4 is 0 Å². The summed E-state index contributed by atoms with van der Waals surface area (Å²) in [5.74, 6) is 0. The molecule has 19 heavy (non-hydrogen) atoms. The zero-order valence-corrected chi connectivity index (χ0v) is 11.1. The Morgan fingerprint density at radius 1 is 1.26 bits per heavy atom. The summed E-state index contributed by atoms with van der Waals surface area (Å²) >= 11 is 0. The second kappa shape index (κ2) is 6.01. The zero-order chi connectivity index (χ0) is 13.0. The van der Waals surface area contributed by atoms with Gasteiger partial charge in [-0.3, -0.25) is 4.84 Å². The van der Waals surface area contributed by atoms with Crippen LogP contribution in [0.2, 0.25) is 0 Å². The Balaban J connectivity index is 1.45. The minimum Gasteiger partial charge on any atom is -0.378 e. The van der Waals surface area contributed by atoms with Crippen molar-refractivity contribution in [3.8, 4) is 0 Å². The van der Waals surface area contributed by atoms with E-state index in [-0.39, 0.29) is 5.60 Å². The molecule has 2 heterocycles. The number of hydroxylamine groups is 1. The summed E-state index contributed by atoms with van der Waals surface area (Å²) in [6.45, 7) is 2.93. The summed E-state index contributed by atoms with van der Waals surface area (Å²) in [6.07, 6.45) is 2.97. The maximum atomic E-state index is 5.90. The molecule has 4 nitrogen and oxygen atoms in total. The van der Waals surface area contributed by atoms with Crippen molar-refractivity contribution in [2.75, 3.05) is 19.8 Å². The first-order chi connectivity index (χ1) is 9.36. The highest BCUT2D eigenvalue weighted by Gasteiger charge is 2.41. The Morgan fingerprint density at radius 3 is 2.95 bits per heavy atom. The van der Waals surface area contributed by atoms with E-state index in [1.54, 1.807) is 0 Å². The topological polar surface area (TPSA) is 39.7 Å². The van der Waals surface area contributed by atoms with Crippen LogP contribution in [0.4, 0.5) is 0 Å². The summed E-state index contributed by atoms with van der Waals surface area (Å²) in [6, 6.07) is 10.6. The molecule has 2 fully saturated rings. The molecule has 3 rings (SSSR count). The minimum absolute atomic E-state index is 0.0635. The van der Waals surface area contributed by atoms with Gasteiger partial charge in [-0.1, -0.05) is 30.3 Å². The van der Waals surface area contributed by atoms with Crippen LogP contribution < -0.4 is 5.48 Å². The van der Waals surface area contributed by atoms with Crippen LogP contribution in [0.1, 0.15) is 24.8 Å². The molecule has 1 N–H and O–H groups in total. The molecule has 4 heteroatoms. The number of ether oxygens (including phenoxy) is 2. The Bertz CT molecular complexity index is 390. The molecule has 2 saturated heterocycles. The van der Waals surface area contributed by atoms with Crippen LogP contribution in [-0.4, -0.2) is 31.5 Å². The summed E-state index contributed by atoms with van der Waals surface area (Å²) in [7, 11) is 0. The van der Waals surface area contributed by atoms with Gasteiger partial charge in [0.2, 0.25) is 0 Å². The molecule has 0 aliphatic carbocycles. The lowest BCUT2D eigenvalue weighted by Gasteiger charge is -2.37. The number of hydrogen-bond acceptors (Lipinski definition) is 4. The largest absolute Gasteiger partial charge is 0.378 e. The first-order valence-electron chi connectivity index (χ1n) is 6.99. The van der Waals surface area contributed by atoms with Crippen LogP contribution in [0.15, 0.2) is 30.3 Å². The lowest BCUT2D eigenvalue weighted by molar-refractivity contribution is -0.114. The Labute approximate surface area is 114 Å². The molecule has 104 valence electrons. The SMILES string of the molecule is c1ccc(CONC2CCOC3(CCOC3)C2)cc1. The molecule has 0 saturated carbocycles. The third kappa shape index (κ3) is 3.34. The van der Waals surface area contributed by atoms with Gasteiger partial charge in [0.1, 0.15) is 0 Å². The maximum absolute atomic E-state index is 5.90. The van der Waals surface area contributed by atoms with E-state index in [0.29, 0.717) is 12.6 Å². The molecule has 1 spiro atoms. The van der Waals surface area contributed by atoms with E-state index in [2.05, 4.69) is 17.6 Å². The molecule has 2 atom stereocenters. The summed E-state index contributed by atoms with van der Waals surface area (Å²) in [5, 5.41) is 0. The molecule has 2 aliphatic rings. The standard InChI is InChI=1S/C15H21NO3/c1-2-4-13(5-3-1)11-19-16-14-6-8-18-15(10-14)7-9-17-12-15/h1-5,14,16H,6-12H2. The van der Waals surface area contributed by atoms with Gasteiger partial charge in [0.15, 0.2) is 0 Å². The van der Waals surface area contributed by atoms with Crippen molar-refractivity contribution in [2.45, 2.75) is 37.5 Å². The highest BCUT2D eigenvalue weighted by Crippen LogP contribution is 2.32. The smallest absolute Gasteiger partial charge is 0.0952 e. The average Bonchev–Trinajstić information content (AvgIpc) is 2.88. The predicted molar refractivity (Wildman–Crippen MR) is 71.5 cm³/mol. The fraction of sp³-hybridized carbons (Fsp3) is 0.600. The van der Waals surface area contributed by atoms with Crippen molar-refractivity contribution in [3.05, 3.63) is 35.9 Å². The van der Waals surface area contributed by atoms with Crippen LogP contribution in [0.3, 0.4) is 0 Å². The predicted octanol–water partition coefficient (Wildman–Crippen LogP) is 2.05. The lowest BCUT2D eigenvalue weighted by Crippen LogP contribution is -2.47. The third-order valence-electron chi connectivity index (χ3n) is 3.89. The quantitative estimate of drug-likeness (QED) is 0.844. The molecule has 0 amide bonds. The molecule has 2 unspecified atom stereocenters. The number of nitrogens with one attached hydrogen (secondary N) is 1. The normalized spacial score (nSPS) is 30.8. The van der Waals surface area contributed by atoms with E-state index in [1.165, 1.54) is 5.56 Å².